The highest BCUT2D eigenvalue weighted by atomic mass is 32.2. The normalized spacial score (nSPS) is 20.6. The van der Waals surface area contributed by atoms with Crippen molar-refractivity contribution < 1.29 is 13.9 Å². The van der Waals surface area contributed by atoms with Crippen molar-refractivity contribution in [2.45, 2.75) is 6.42 Å². The molecule has 5 nitrogen and oxygen atoms in total. The summed E-state index contributed by atoms with van der Waals surface area (Å²) in [5, 5.41) is 1.03. The van der Waals surface area contributed by atoms with Crippen molar-refractivity contribution in [3.8, 4) is 0 Å². The molecule has 4 rings (SSSR count). The monoisotopic (exact) mass is 388 g/mol. The van der Waals surface area contributed by atoms with Crippen LogP contribution >= 0.6 is 24.0 Å². The summed E-state index contributed by atoms with van der Waals surface area (Å²) in [5.74, 6) is 0.655. The third-order valence-electron chi connectivity index (χ3n) is 4.55. The van der Waals surface area contributed by atoms with Crippen LogP contribution in [0.2, 0.25) is 0 Å². The second kappa shape index (κ2) is 7.92. The van der Waals surface area contributed by atoms with Crippen LogP contribution in [0, 0.1) is 0 Å². The van der Waals surface area contributed by atoms with E-state index < -0.39 is 0 Å². The molecule has 2 fully saturated rings. The lowest BCUT2D eigenvalue weighted by atomic mass is 10.2. The molecule has 2 aliphatic heterocycles. The molecule has 1 aromatic heterocycles. The highest BCUT2D eigenvalue weighted by molar-refractivity contribution is 8.26. The van der Waals surface area contributed by atoms with E-state index >= 15 is 0 Å². The number of carbonyl (C=O) groups is 1. The molecule has 2 aliphatic rings. The van der Waals surface area contributed by atoms with E-state index in [1.165, 1.54) is 11.8 Å². The molecule has 0 saturated carbocycles. The fourth-order valence-electron chi connectivity index (χ4n) is 3.17. The quantitative estimate of drug-likeness (QED) is 0.578. The molecule has 7 heteroatoms. The molecule has 136 valence electrons. The van der Waals surface area contributed by atoms with Gasteiger partial charge in [0.1, 0.15) is 15.7 Å². The third kappa shape index (κ3) is 3.86. The van der Waals surface area contributed by atoms with E-state index in [4.69, 9.17) is 21.4 Å². The number of furan rings is 1. The largest absolute Gasteiger partial charge is 0.457 e. The maximum absolute atomic E-state index is 12.7. The molecule has 0 spiro atoms. The van der Waals surface area contributed by atoms with Gasteiger partial charge in [0, 0.05) is 37.6 Å². The zero-order chi connectivity index (χ0) is 17.9. The molecule has 2 aromatic rings. The molecule has 0 radical (unpaired) electrons. The Kier molecular flexibility index (Phi) is 5.40. The van der Waals surface area contributed by atoms with E-state index in [1.54, 1.807) is 11.0 Å². The predicted molar refractivity (Wildman–Crippen MR) is 108 cm³/mol. The van der Waals surface area contributed by atoms with Gasteiger partial charge < -0.3 is 9.15 Å². The number of para-hydroxylation sites is 1. The van der Waals surface area contributed by atoms with Gasteiger partial charge >= 0.3 is 0 Å². The molecule has 1 amide bonds. The average molecular weight is 389 g/mol. The van der Waals surface area contributed by atoms with Gasteiger partial charge in [-0.25, -0.2) is 0 Å². The number of benzene rings is 1. The number of rotatable bonds is 5. The van der Waals surface area contributed by atoms with Crippen LogP contribution in [0.25, 0.3) is 17.0 Å². The standard InChI is InChI=1S/C19H20N2O3S2/c22-18-17(13-15-12-14-4-1-2-5-16(14)24-15)26-19(25)21(18)7-3-6-20-8-10-23-11-9-20/h1-2,4-5,12-13H,3,6-11H2/b17-13+. The fourth-order valence-corrected chi connectivity index (χ4v) is 4.46. The lowest BCUT2D eigenvalue weighted by Crippen LogP contribution is -2.38. The van der Waals surface area contributed by atoms with Gasteiger partial charge in [-0.05, 0) is 18.6 Å². The molecule has 0 unspecified atom stereocenters. The molecule has 26 heavy (non-hydrogen) atoms. The average Bonchev–Trinajstić information content (AvgIpc) is 3.18. The second-order valence-corrected chi connectivity index (χ2v) is 8.00. The summed E-state index contributed by atoms with van der Waals surface area (Å²) in [6.07, 6.45) is 2.70. The van der Waals surface area contributed by atoms with Gasteiger partial charge in [0.15, 0.2) is 0 Å². The summed E-state index contributed by atoms with van der Waals surface area (Å²) >= 11 is 6.76. The third-order valence-corrected chi connectivity index (χ3v) is 5.93. The molecule has 1 aromatic carbocycles. The van der Waals surface area contributed by atoms with Gasteiger partial charge in [0.25, 0.3) is 5.91 Å². The number of thiocarbonyl (C=S) groups is 1. The Morgan fingerprint density at radius 3 is 2.81 bits per heavy atom. The van der Waals surface area contributed by atoms with Crippen LogP contribution < -0.4 is 0 Å². The predicted octanol–water partition coefficient (Wildman–Crippen LogP) is 3.36. The van der Waals surface area contributed by atoms with Crippen molar-refractivity contribution in [2.24, 2.45) is 0 Å². The minimum absolute atomic E-state index is 0.0255. The van der Waals surface area contributed by atoms with Crippen molar-refractivity contribution in [2.75, 3.05) is 39.4 Å². The smallest absolute Gasteiger partial charge is 0.266 e. The molecular weight excluding hydrogens is 368 g/mol. The SMILES string of the molecule is O=C1/C(=C\c2cc3ccccc3o2)SC(=S)N1CCCN1CCOCC1. The number of hydrogen-bond acceptors (Lipinski definition) is 6. The first-order valence-corrected chi connectivity index (χ1v) is 9.97. The van der Waals surface area contributed by atoms with Crippen molar-refractivity contribution in [3.05, 3.63) is 41.0 Å². The highest BCUT2D eigenvalue weighted by Gasteiger charge is 2.32. The topological polar surface area (TPSA) is 45.9 Å². The number of fused-ring (bicyclic) bond motifs is 1. The summed E-state index contributed by atoms with van der Waals surface area (Å²) < 4.78 is 11.8. The summed E-state index contributed by atoms with van der Waals surface area (Å²) in [4.78, 5) is 17.4. The molecule has 0 atom stereocenters. The maximum Gasteiger partial charge on any atom is 0.266 e. The summed E-state index contributed by atoms with van der Waals surface area (Å²) in [6, 6.07) is 9.76. The van der Waals surface area contributed by atoms with Crippen molar-refractivity contribution in [1.29, 1.82) is 0 Å². The second-order valence-electron chi connectivity index (χ2n) is 6.33. The van der Waals surface area contributed by atoms with Crippen LogP contribution in [-0.4, -0.2) is 59.4 Å². The van der Waals surface area contributed by atoms with E-state index in [-0.39, 0.29) is 5.91 Å². The van der Waals surface area contributed by atoms with E-state index in [0.29, 0.717) is 21.5 Å². The molecule has 2 saturated heterocycles. The summed E-state index contributed by atoms with van der Waals surface area (Å²) in [6.45, 7) is 5.12. The number of carbonyl (C=O) groups excluding carboxylic acids is 1. The van der Waals surface area contributed by atoms with Gasteiger partial charge in [-0.3, -0.25) is 14.6 Å². The molecular formula is C19H20N2O3S2. The van der Waals surface area contributed by atoms with E-state index in [2.05, 4.69) is 4.90 Å². The molecule has 3 heterocycles. The van der Waals surface area contributed by atoms with E-state index in [1.807, 2.05) is 30.3 Å². The zero-order valence-corrected chi connectivity index (χ0v) is 16.0. The summed E-state index contributed by atoms with van der Waals surface area (Å²) in [7, 11) is 0. The minimum Gasteiger partial charge on any atom is -0.457 e. The first-order valence-electron chi connectivity index (χ1n) is 8.75. The number of morpholine rings is 1. The van der Waals surface area contributed by atoms with Crippen molar-refractivity contribution >= 4 is 51.3 Å². The number of thioether (sulfide) groups is 1. The van der Waals surface area contributed by atoms with E-state index in [9.17, 15) is 4.79 Å². The molecule has 0 aliphatic carbocycles. The van der Waals surface area contributed by atoms with Crippen LogP contribution in [-0.2, 0) is 9.53 Å². The van der Waals surface area contributed by atoms with E-state index in [0.717, 1.165) is 50.2 Å². The fraction of sp³-hybridized carbons (Fsp3) is 0.368. The number of ether oxygens (including phenoxy) is 1. The highest BCUT2D eigenvalue weighted by Crippen LogP contribution is 2.33. The first kappa shape index (κ1) is 17.7. The van der Waals surface area contributed by atoms with Gasteiger partial charge in [0.05, 0.1) is 18.1 Å². The Morgan fingerprint density at radius 1 is 1.19 bits per heavy atom. The Hall–Kier alpha value is -1.67. The lowest BCUT2D eigenvalue weighted by molar-refractivity contribution is -0.122. The van der Waals surface area contributed by atoms with Crippen LogP contribution in [0.15, 0.2) is 39.7 Å². The number of nitrogens with zero attached hydrogens (tertiary/aromatic N) is 2. The van der Waals surface area contributed by atoms with Gasteiger partial charge in [-0.1, -0.05) is 42.2 Å². The van der Waals surface area contributed by atoms with Crippen molar-refractivity contribution in [3.63, 3.8) is 0 Å². The Balaban J connectivity index is 1.39. The first-order chi connectivity index (χ1) is 12.7. The van der Waals surface area contributed by atoms with Crippen LogP contribution in [0.4, 0.5) is 0 Å². The van der Waals surface area contributed by atoms with Gasteiger partial charge in [-0.15, -0.1) is 0 Å². The molecule has 0 N–H and O–H groups in total. The number of hydrogen-bond donors (Lipinski definition) is 0. The minimum atomic E-state index is -0.0255. The maximum atomic E-state index is 12.7. The molecule has 0 bridgehead atoms. The van der Waals surface area contributed by atoms with Crippen LogP contribution in [0.1, 0.15) is 12.2 Å². The van der Waals surface area contributed by atoms with Gasteiger partial charge in [-0.2, -0.15) is 0 Å². The van der Waals surface area contributed by atoms with Crippen LogP contribution in [0.3, 0.4) is 0 Å². The van der Waals surface area contributed by atoms with Crippen LogP contribution in [0.5, 0.6) is 0 Å². The van der Waals surface area contributed by atoms with Crippen molar-refractivity contribution in [1.82, 2.24) is 9.80 Å². The Bertz CT molecular complexity index is 822. The van der Waals surface area contributed by atoms with Gasteiger partial charge in [0.2, 0.25) is 0 Å². The summed E-state index contributed by atoms with van der Waals surface area (Å²) in [5.41, 5.74) is 0.819. The Labute approximate surface area is 161 Å². The Morgan fingerprint density at radius 2 is 2.00 bits per heavy atom. The lowest BCUT2D eigenvalue weighted by Gasteiger charge is -2.27. The zero-order valence-electron chi connectivity index (χ0n) is 14.3. The number of amides is 1.